The molecule has 1 aliphatic carbocycles. The molecule has 11 aromatic rings. The molecule has 14 nitrogen and oxygen atoms in total. The number of aryl methyl sites for hydroxylation is 5. The van der Waals surface area contributed by atoms with Crippen LogP contribution in [0.2, 0.25) is 0 Å². The van der Waals surface area contributed by atoms with Gasteiger partial charge in [0.15, 0.2) is 0 Å². The number of pyridine rings is 8. The number of methoxy groups -OCH3 is 3. The normalized spacial score (nSPS) is 11.9. The second-order valence-electron chi connectivity index (χ2n) is 41.1. The zero-order valence-electron chi connectivity index (χ0n) is 81.5. The molecule has 0 bridgehead atoms. The SMILES string of the molecule is CC(C)(C)c1ccc2c(c1)C=CC2.CC(C)(C)c1ccc2cc[nH]c2c1.COC(=O)c1ccc(C(C)(C)C)nc1.COC(=O)c1cccc(C(C)(C)C)n1.COc1cccc(C(C)(C)C)n1.Cc1cc(C(C)(C)C)ccn1.Cc1cc(C(C)(C)C)ccn1.Cc1ccc(C(C)(C)C)nc1.Cc1cccc(C(C)(C)C)n1.Cc1cccc(C(C)(C)C)n1. The Morgan fingerprint density at radius 2 is 0.736 bits per heavy atom. The maximum Gasteiger partial charge on any atom is 0.356 e. The van der Waals surface area contributed by atoms with Gasteiger partial charge >= 0.3 is 11.9 Å². The molecule has 0 saturated heterocycles. The molecular formula is C107H151N9O5. The van der Waals surface area contributed by atoms with Crippen LogP contribution in [-0.2, 0) is 70.0 Å². The van der Waals surface area contributed by atoms with Gasteiger partial charge in [-0.1, -0.05) is 281 Å². The van der Waals surface area contributed by atoms with E-state index in [2.05, 4.69) is 384 Å². The lowest BCUT2D eigenvalue weighted by Gasteiger charge is -2.19. The van der Waals surface area contributed by atoms with Crippen LogP contribution in [0, 0.1) is 34.6 Å². The molecule has 654 valence electrons. The Hall–Kier alpha value is -10.3. The van der Waals surface area contributed by atoms with Crippen LogP contribution in [0.5, 0.6) is 5.88 Å². The van der Waals surface area contributed by atoms with Crippen LogP contribution in [0.1, 0.15) is 324 Å². The van der Waals surface area contributed by atoms with Crippen molar-refractivity contribution in [3.05, 3.63) is 308 Å². The number of hydrogen-bond donors (Lipinski definition) is 1. The molecule has 121 heavy (non-hydrogen) atoms. The Kier molecular flexibility index (Phi) is 39.4. The standard InChI is InChI=1S/C13H16.C12H15N.2C11H15NO2.C10H15NO.5C10H15N/c1-13(2,3)12-8-7-10-5-4-6-11(10)9-12;1-12(2,3)10-5-4-9-6-7-13-11(9)8-10;1-11(2,3)9-6-5-8(7-12-9)10(13)14-4;1-11(2,3)9-7-5-6-8(12-9)10(13)14-4;1-10(2,3)8-6-5-7-9(11-8)12-4;2*1-8-7-9(5-6-11-8)10(2,3)4;1-8-5-6-9(11-7-8)10(2,3)4;2*1-8-6-5-7-9(11-8)10(2,3)4/h4,6-9H,5H2,1-3H3;4-8,13H,1-3H3;2*5-7H,1-4H3;5-7H,1-4H3;5*5-7H,1-4H3. The van der Waals surface area contributed by atoms with Crippen LogP contribution in [0.15, 0.2) is 201 Å². The van der Waals surface area contributed by atoms with Crippen LogP contribution >= 0.6 is 0 Å². The zero-order valence-corrected chi connectivity index (χ0v) is 81.5. The van der Waals surface area contributed by atoms with E-state index in [1.807, 2.05) is 101 Å². The Morgan fingerprint density at radius 3 is 1.11 bits per heavy atom. The summed E-state index contributed by atoms with van der Waals surface area (Å²) in [7, 11) is 4.35. The van der Waals surface area contributed by atoms with Crippen molar-refractivity contribution in [2.45, 2.75) is 303 Å². The molecule has 0 fully saturated rings. The van der Waals surface area contributed by atoms with Crippen molar-refractivity contribution in [3.8, 4) is 5.88 Å². The number of nitrogens with one attached hydrogen (secondary N) is 1. The van der Waals surface area contributed by atoms with Crippen LogP contribution in [0.4, 0.5) is 0 Å². The minimum absolute atomic E-state index is 0.00858. The number of aromatic nitrogens is 9. The van der Waals surface area contributed by atoms with Crippen LogP contribution in [-0.4, -0.2) is 78.1 Å². The molecule has 9 heterocycles. The van der Waals surface area contributed by atoms with E-state index in [0.717, 1.165) is 63.4 Å². The highest BCUT2D eigenvalue weighted by Crippen LogP contribution is 2.31. The van der Waals surface area contributed by atoms with Crippen LogP contribution < -0.4 is 4.74 Å². The van der Waals surface area contributed by atoms with E-state index in [4.69, 9.17) is 4.74 Å². The third-order valence-corrected chi connectivity index (χ3v) is 19.2. The fraction of sp³-hybridized carbons (Fsp3) is 0.458. The first-order valence-electron chi connectivity index (χ1n) is 42.3. The number of esters is 2. The third-order valence-electron chi connectivity index (χ3n) is 19.2. The molecule has 2 aromatic carbocycles. The molecule has 1 N–H and O–H groups in total. The molecule has 0 atom stereocenters. The molecule has 0 radical (unpaired) electrons. The van der Waals surface area contributed by atoms with Crippen molar-refractivity contribution in [2.24, 2.45) is 0 Å². The molecular weight excluding hydrogens is 1490 g/mol. The molecule has 9 aromatic heterocycles. The number of aromatic amines is 1. The average molecular weight is 1640 g/mol. The first kappa shape index (κ1) is 105. The van der Waals surface area contributed by atoms with Crippen LogP contribution in [0.25, 0.3) is 17.0 Å². The summed E-state index contributed by atoms with van der Waals surface area (Å²) in [6.45, 7) is 75.2. The van der Waals surface area contributed by atoms with Gasteiger partial charge in [-0.25, -0.2) is 19.6 Å². The molecule has 0 saturated carbocycles. The minimum Gasteiger partial charge on any atom is -0.481 e. The van der Waals surface area contributed by atoms with E-state index in [1.165, 1.54) is 64.1 Å². The smallest absolute Gasteiger partial charge is 0.356 e. The number of rotatable bonds is 3. The van der Waals surface area contributed by atoms with Gasteiger partial charge in [-0.2, -0.15) is 0 Å². The number of nitrogens with zero attached hydrogens (tertiary/aromatic N) is 8. The summed E-state index contributed by atoms with van der Waals surface area (Å²) in [5.41, 5.74) is 24.0. The number of carbonyl (C=O) groups is 2. The highest BCUT2D eigenvalue weighted by atomic mass is 16.5. The van der Waals surface area contributed by atoms with Crippen molar-refractivity contribution >= 4 is 28.9 Å². The average Bonchev–Trinajstić information content (AvgIpc) is 1.71. The summed E-state index contributed by atoms with van der Waals surface area (Å²) in [6.07, 6.45) is 14.8. The largest absolute Gasteiger partial charge is 0.481 e. The van der Waals surface area contributed by atoms with Gasteiger partial charge in [0.1, 0.15) is 5.69 Å². The van der Waals surface area contributed by atoms with Gasteiger partial charge in [-0.05, 0) is 204 Å². The molecule has 0 spiro atoms. The highest BCUT2D eigenvalue weighted by Gasteiger charge is 2.23. The number of benzene rings is 2. The minimum atomic E-state index is -0.393. The van der Waals surface area contributed by atoms with E-state index in [9.17, 15) is 9.59 Å². The van der Waals surface area contributed by atoms with E-state index >= 15 is 0 Å². The summed E-state index contributed by atoms with van der Waals surface area (Å²) in [6, 6.07) is 55.3. The van der Waals surface area contributed by atoms with Gasteiger partial charge < -0.3 is 19.2 Å². The van der Waals surface area contributed by atoms with E-state index < -0.39 is 5.97 Å². The molecule has 12 rings (SSSR count). The number of carbonyl (C=O) groups excluding carboxylic acids is 2. The maximum atomic E-state index is 11.2. The molecule has 0 unspecified atom stereocenters. The maximum absolute atomic E-state index is 11.2. The lowest BCUT2D eigenvalue weighted by molar-refractivity contribution is 0.0587. The van der Waals surface area contributed by atoms with Crippen molar-refractivity contribution in [2.75, 3.05) is 21.3 Å². The first-order valence-corrected chi connectivity index (χ1v) is 42.3. The Bertz CT molecular complexity index is 4780. The number of allylic oxidation sites excluding steroid dienone is 1. The molecule has 14 heteroatoms. The Labute approximate surface area is 731 Å². The summed E-state index contributed by atoms with van der Waals surface area (Å²) in [4.78, 5) is 59.9. The second kappa shape index (κ2) is 45.5. The van der Waals surface area contributed by atoms with Crippen molar-refractivity contribution < 1.29 is 23.8 Å². The quantitative estimate of drug-likeness (QED) is 0.165. The molecule has 0 aliphatic heterocycles. The summed E-state index contributed by atoms with van der Waals surface area (Å²) in [5, 5.41) is 1.29. The number of ether oxygens (including phenoxy) is 3. The third kappa shape index (κ3) is 38.5. The van der Waals surface area contributed by atoms with Crippen LogP contribution in [0.3, 0.4) is 0 Å². The number of H-pyrrole nitrogens is 1. The monoisotopic (exact) mass is 1640 g/mol. The van der Waals surface area contributed by atoms with Gasteiger partial charge in [0.05, 0.1) is 26.9 Å². The lowest BCUT2D eigenvalue weighted by Crippen LogP contribution is -2.16. The molecule has 0 amide bonds. The predicted octanol–water partition coefficient (Wildman–Crippen LogP) is 27.2. The van der Waals surface area contributed by atoms with E-state index in [1.54, 1.807) is 25.4 Å². The van der Waals surface area contributed by atoms with E-state index in [-0.39, 0.29) is 60.1 Å². The van der Waals surface area contributed by atoms with Gasteiger partial charge in [0.2, 0.25) is 5.88 Å². The van der Waals surface area contributed by atoms with Crippen molar-refractivity contribution in [1.82, 2.24) is 44.9 Å². The Balaban J connectivity index is 0.000000348. The second-order valence-corrected chi connectivity index (χ2v) is 41.1. The van der Waals surface area contributed by atoms with Gasteiger partial charge in [0, 0.05) is 132 Å². The lowest BCUT2D eigenvalue weighted by atomic mass is 9.85. The topological polar surface area (TPSA) is 181 Å². The fourth-order valence-electron chi connectivity index (χ4n) is 11.2. The van der Waals surface area contributed by atoms with E-state index in [0.29, 0.717) is 17.1 Å². The molecule has 1 aliphatic rings. The number of hydrogen-bond acceptors (Lipinski definition) is 13. The predicted molar refractivity (Wildman–Crippen MR) is 511 cm³/mol. The van der Waals surface area contributed by atoms with Gasteiger partial charge in [0.25, 0.3) is 0 Å². The number of fused-ring (bicyclic) bond motifs is 2. The highest BCUT2D eigenvalue weighted by molar-refractivity contribution is 5.89. The van der Waals surface area contributed by atoms with Gasteiger partial charge in [-0.15, -0.1) is 0 Å². The fourth-order valence-corrected chi connectivity index (χ4v) is 11.2. The summed E-state index contributed by atoms with van der Waals surface area (Å²) >= 11 is 0. The first-order chi connectivity index (χ1) is 55.6. The zero-order chi connectivity index (χ0) is 92.1. The summed E-state index contributed by atoms with van der Waals surface area (Å²) in [5.74, 6) is -0.0588. The van der Waals surface area contributed by atoms with Gasteiger partial charge in [-0.3, -0.25) is 29.9 Å². The van der Waals surface area contributed by atoms with Crippen molar-refractivity contribution in [3.63, 3.8) is 0 Å². The Morgan fingerprint density at radius 1 is 0.339 bits per heavy atom. The van der Waals surface area contributed by atoms with Crippen molar-refractivity contribution in [1.29, 1.82) is 0 Å². The summed E-state index contributed by atoms with van der Waals surface area (Å²) < 4.78 is 14.2.